The number of para-hydroxylation sites is 1. The number of halogens is 1. The fourth-order valence-electron chi connectivity index (χ4n) is 1.93. The molecule has 0 saturated heterocycles. The number of benzene rings is 1. The van der Waals surface area contributed by atoms with Crippen LogP contribution < -0.4 is 0 Å². The van der Waals surface area contributed by atoms with E-state index < -0.39 is 0 Å². The van der Waals surface area contributed by atoms with Crippen LogP contribution in [0, 0.1) is 4.77 Å². The number of aromatic amines is 1. The lowest BCUT2D eigenvalue weighted by molar-refractivity contribution is 0.387. The summed E-state index contributed by atoms with van der Waals surface area (Å²) in [5, 5.41) is 0.750. The van der Waals surface area contributed by atoms with E-state index in [2.05, 4.69) is 28.5 Å². The molecule has 0 aliphatic heterocycles. The molecule has 0 atom stereocenters. The third-order valence-electron chi connectivity index (χ3n) is 2.73. The van der Waals surface area contributed by atoms with Gasteiger partial charge in [-0.1, -0.05) is 17.7 Å². The van der Waals surface area contributed by atoms with Crippen molar-refractivity contribution in [3.05, 3.63) is 28.0 Å². The standard InChI is InChI=1S/C12H16ClN3S/c1-15(2)7-4-8-16-11-9(13)5-3-6-10(11)14-12(16)17/h3,5-6H,4,7-8H2,1-2H3,(H,14,17). The number of imidazole rings is 1. The summed E-state index contributed by atoms with van der Waals surface area (Å²) < 4.78 is 2.82. The van der Waals surface area contributed by atoms with Crippen LogP contribution in [0.5, 0.6) is 0 Å². The van der Waals surface area contributed by atoms with E-state index in [1.165, 1.54) is 0 Å². The van der Waals surface area contributed by atoms with Crippen LogP contribution in [0.3, 0.4) is 0 Å². The highest BCUT2D eigenvalue weighted by Gasteiger charge is 2.07. The normalized spacial score (nSPS) is 11.5. The van der Waals surface area contributed by atoms with Crippen molar-refractivity contribution in [2.75, 3.05) is 20.6 Å². The number of hydrogen-bond acceptors (Lipinski definition) is 2. The number of hydrogen-bond donors (Lipinski definition) is 1. The molecule has 1 N–H and O–H groups in total. The van der Waals surface area contributed by atoms with Crippen LogP contribution in [-0.2, 0) is 6.54 Å². The summed E-state index contributed by atoms with van der Waals surface area (Å²) >= 11 is 11.5. The topological polar surface area (TPSA) is 24.0 Å². The van der Waals surface area contributed by atoms with Crippen LogP contribution in [0.1, 0.15) is 6.42 Å². The maximum atomic E-state index is 6.22. The largest absolute Gasteiger partial charge is 0.331 e. The van der Waals surface area contributed by atoms with Crippen molar-refractivity contribution >= 4 is 34.9 Å². The average Bonchev–Trinajstić information content (AvgIpc) is 2.56. The van der Waals surface area contributed by atoms with Crippen molar-refractivity contribution in [1.29, 1.82) is 0 Å². The summed E-state index contributed by atoms with van der Waals surface area (Å²) in [6, 6.07) is 5.83. The summed E-state index contributed by atoms with van der Waals surface area (Å²) in [6.07, 6.45) is 1.06. The lowest BCUT2D eigenvalue weighted by Crippen LogP contribution is -2.15. The van der Waals surface area contributed by atoms with Gasteiger partial charge in [0.25, 0.3) is 0 Å². The molecular formula is C12H16ClN3S. The first-order valence-corrected chi connectivity index (χ1v) is 6.40. The highest BCUT2D eigenvalue weighted by molar-refractivity contribution is 7.71. The second-order valence-corrected chi connectivity index (χ2v) is 5.17. The first kappa shape index (κ1) is 12.6. The molecule has 1 aromatic heterocycles. The predicted octanol–water partition coefficient (Wildman–Crippen LogP) is 3.30. The Bertz CT molecular complexity index is 571. The second kappa shape index (κ2) is 5.21. The first-order chi connectivity index (χ1) is 8.09. The average molecular weight is 270 g/mol. The van der Waals surface area contributed by atoms with Crippen LogP contribution in [-0.4, -0.2) is 35.1 Å². The number of aryl methyl sites for hydroxylation is 1. The van der Waals surface area contributed by atoms with Crippen LogP contribution >= 0.6 is 23.8 Å². The van der Waals surface area contributed by atoms with Gasteiger partial charge in [0, 0.05) is 6.54 Å². The zero-order valence-corrected chi connectivity index (χ0v) is 11.6. The lowest BCUT2D eigenvalue weighted by Gasteiger charge is -2.10. The van der Waals surface area contributed by atoms with Gasteiger partial charge >= 0.3 is 0 Å². The molecule has 3 nitrogen and oxygen atoms in total. The van der Waals surface area contributed by atoms with Gasteiger partial charge in [-0.15, -0.1) is 0 Å². The number of H-pyrrole nitrogens is 1. The maximum absolute atomic E-state index is 6.22. The Morgan fingerprint density at radius 1 is 1.41 bits per heavy atom. The van der Waals surface area contributed by atoms with Gasteiger partial charge in [0.15, 0.2) is 4.77 Å². The number of fused-ring (bicyclic) bond motifs is 1. The van der Waals surface area contributed by atoms with Gasteiger partial charge in [0.1, 0.15) is 0 Å². The Morgan fingerprint density at radius 2 is 2.18 bits per heavy atom. The zero-order chi connectivity index (χ0) is 12.4. The number of nitrogens with one attached hydrogen (secondary N) is 1. The van der Waals surface area contributed by atoms with E-state index in [4.69, 9.17) is 23.8 Å². The smallest absolute Gasteiger partial charge is 0.178 e. The fraction of sp³-hybridized carbons (Fsp3) is 0.417. The van der Waals surface area contributed by atoms with Crippen molar-refractivity contribution in [2.24, 2.45) is 0 Å². The van der Waals surface area contributed by atoms with Gasteiger partial charge in [-0.05, 0) is 51.4 Å². The summed E-state index contributed by atoms with van der Waals surface area (Å²) in [7, 11) is 4.14. The van der Waals surface area contributed by atoms with E-state index in [1.807, 2.05) is 18.2 Å². The molecule has 0 saturated carbocycles. The van der Waals surface area contributed by atoms with Gasteiger partial charge in [-0.25, -0.2) is 0 Å². The summed E-state index contributed by atoms with van der Waals surface area (Å²) in [4.78, 5) is 5.35. The van der Waals surface area contributed by atoms with Crippen molar-refractivity contribution in [1.82, 2.24) is 14.5 Å². The van der Waals surface area contributed by atoms with E-state index in [0.29, 0.717) is 0 Å². The van der Waals surface area contributed by atoms with Crippen LogP contribution in [0.25, 0.3) is 11.0 Å². The third kappa shape index (κ3) is 2.70. The zero-order valence-electron chi connectivity index (χ0n) is 10.0. The monoisotopic (exact) mass is 269 g/mol. The van der Waals surface area contributed by atoms with E-state index in [1.54, 1.807) is 0 Å². The Balaban J connectivity index is 2.33. The van der Waals surface area contributed by atoms with Gasteiger partial charge in [-0.3, -0.25) is 0 Å². The molecule has 1 heterocycles. The van der Waals surface area contributed by atoms with Crippen molar-refractivity contribution in [3.63, 3.8) is 0 Å². The minimum atomic E-state index is 0.742. The Hall–Kier alpha value is -0.840. The summed E-state index contributed by atoms with van der Waals surface area (Å²) in [5.74, 6) is 0. The van der Waals surface area contributed by atoms with Gasteiger partial charge in [-0.2, -0.15) is 0 Å². The molecule has 2 rings (SSSR count). The Labute approximate surface area is 111 Å². The van der Waals surface area contributed by atoms with Gasteiger partial charge < -0.3 is 14.5 Å². The molecule has 0 aliphatic carbocycles. The molecule has 1 aromatic carbocycles. The van der Waals surface area contributed by atoms with Gasteiger partial charge in [0.2, 0.25) is 0 Å². The van der Waals surface area contributed by atoms with Crippen molar-refractivity contribution in [3.8, 4) is 0 Å². The molecule has 0 spiro atoms. The maximum Gasteiger partial charge on any atom is 0.178 e. The molecule has 92 valence electrons. The molecule has 0 unspecified atom stereocenters. The van der Waals surface area contributed by atoms with Crippen LogP contribution in [0.2, 0.25) is 5.02 Å². The molecule has 0 radical (unpaired) electrons. The Morgan fingerprint density at radius 3 is 2.88 bits per heavy atom. The van der Waals surface area contributed by atoms with E-state index >= 15 is 0 Å². The van der Waals surface area contributed by atoms with Gasteiger partial charge in [0.05, 0.1) is 16.1 Å². The quantitative estimate of drug-likeness (QED) is 0.861. The molecule has 0 fully saturated rings. The predicted molar refractivity (Wildman–Crippen MR) is 75.3 cm³/mol. The molecular weight excluding hydrogens is 254 g/mol. The fourth-order valence-corrected chi connectivity index (χ4v) is 2.50. The second-order valence-electron chi connectivity index (χ2n) is 4.37. The third-order valence-corrected chi connectivity index (χ3v) is 3.36. The van der Waals surface area contributed by atoms with E-state index in [0.717, 1.165) is 40.3 Å². The highest BCUT2D eigenvalue weighted by Crippen LogP contribution is 2.23. The van der Waals surface area contributed by atoms with Crippen LogP contribution in [0.15, 0.2) is 18.2 Å². The first-order valence-electron chi connectivity index (χ1n) is 5.61. The lowest BCUT2D eigenvalue weighted by atomic mass is 10.3. The minimum absolute atomic E-state index is 0.742. The number of nitrogens with zero attached hydrogens (tertiary/aromatic N) is 2. The number of rotatable bonds is 4. The van der Waals surface area contributed by atoms with Crippen LogP contribution in [0.4, 0.5) is 0 Å². The van der Waals surface area contributed by atoms with Crippen molar-refractivity contribution < 1.29 is 0 Å². The van der Waals surface area contributed by atoms with E-state index in [-0.39, 0.29) is 0 Å². The van der Waals surface area contributed by atoms with E-state index in [9.17, 15) is 0 Å². The molecule has 17 heavy (non-hydrogen) atoms. The molecule has 0 bridgehead atoms. The molecule has 2 aromatic rings. The molecule has 0 amide bonds. The van der Waals surface area contributed by atoms with Crippen molar-refractivity contribution in [2.45, 2.75) is 13.0 Å². The number of aromatic nitrogens is 2. The SMILES string of the molecule is CN(C)CCCn1c(=S)[nH]c2cccc(Cl)c21. The minimum Gasteiger partial charge on any atom is -0.331 e. The summed E-state index contributed by atoms with van der Waals surface area (Å²) in [6.45, 7) is 1.93. The molecule has 5 heteroatoms. The Kier molecular flexibility index (Phi) is 3.86. The summed E-state index contributed by atoms with van der Waals surface area (Å²) in [5.41, 5.74) is 2.02. The highest BCUT2D eigenvalue weighted by atomic mass is 35.5. The molecule has 0 aliphatic rings.